The Morgan fingerprint density at radius 2 is 1.87 bits per heavy atom. The van der Waals surface area contributed by atoms with Crippen molar-refractivity contribution in [3.8, 4) is 0 Å². The van der Waals surface area contributed by atoms with Gasteiger partial charge in [-0.3, -0.25) is 15.5 Å². The molecule has 0 amide bonds. The van der Waals surface area contributed by atoms with Crippen molar-refractivity contribution in [3.05, 3.63) is 64.0 Å². The number of benzene rings is 2. The molecule has 0 spiro atoms. The Balaban J connectivity index is 2.25. The Hall–Kier alpha value is -2.85. The Kier molecular flexibility index (Phi) is 4.67. The topological polar surface area (TPSA) is 128 Å². The minimum absolute atomic E-state index is 0.0132. The summed E-state index contributed by atoms with van der Waals surface area (Å²) in [6.07, 6.45) is 1.33. The van der Waals surface area contributed by atoms with E-state index in [-0.39, 0.29) is 10.6 Å². The summed E-state index contributed by atoms with van der Waals surface area (Å²) < 4.78 is 35.2. The minimum atomic E-state index is -4.05. The van der Waals surface area contributed by atoms with Gasteiger partial charge in [0.1, 0.15) is 11.5 Å². The van der Waals surface area contributed by atoms with Crippen LogP contribution in [0.3, 0.4) is 0 Å². The van der Waals surface area contributed by atoms with Gasteiger partial charge in [0, 0.05) is 6.07 Å². The Morgan fingerprint density at radius 3 is 2.43 bits per heavy atom. The van der Waals surface area contributed by atoms with Crippen LogP contribution in [-0.4, -0.2) is 19.6 Å². The van der Waals surface area contributed by atoms with Gasteiger partial charge in [-0.1, -0.05) is 12.1 Å². The average Bonchev–Trinajstić information content (AvgIpc) is 2.48. The molecule has 0 aromatic heterocycles. The summed E-state index contributed by atoms with van der Waals surface area (Å²) in [6.45, 7) is 0. The third-order valence-electron chi connectivity index (χ3n) is 2.76. The molecule has 2 rings (SSSR count). The highest BCUT2D eigenvalue weighted by atomic mass is 32.2. The monoisotopic (exact) mass is 338 g/mol. The van der Waals surface area contributed by atoms with E-state index in [0.717, 1.165) is 12.1 Å². The molecule has 23 heavy (non-hydrogen) atoms. The maximum Gasteiger partial charge on any atom is 0.295 e. The quantitative estimate of drug-likeness (QED) is 0.488. The molecular weight excluding hydrogens is 327 g/mol. The maximum atomic E-state index is 12.8. The lowest BCUT2D eigenvalue weighted by Crippen LogP contribution is -2.12. The number of anilines is 1. The van der Waals surface area contributed by atoms with Gasteiger partial charge in [0.25, 0.3) is 5.69 Å². The van der Waals surface area contributed by atoms with E-state index in [0.29, 0.717) is 5.56 Å². The van der Waals surface area contributed by atoms with Crippen LogP contribution in [0.25, 0.3) is 0 Å². The lowest BCUT2D eigenvalue weighted by atomic mass is 10.2. The number of sulfonamides is 1. The van der Waals surface area contributed by atoms with Gasteiger partial charge >= 0.3 is 0 Å². The predicted octanol–water partition coefficient (Wildman–Crippen LogP) is 1.83. The molecule has 0 aliphatic heterocycles. The number of nitrogens with two attached hydrogens (primary N) is 1. The van der Waals surface area contributed by atoms with Crippen molar-refractivity contribution in [1.29, 1.82) is 0 Å². The van der Waals surface area contributed by atoms with Gasteiger partial charge in [0.15, 0.2) is 0 Å². The van der Waals surface area contributed by atoms with Crippen LogP contribution in [0.2, 0.25) is 0 Å². The number of halogens is 1. The summed E-state index contributed by atoms with van der Waals surface area (Å²) in [5.41, 5.74) is 2.50. The second-order valence-electron chi connectivity index (χ2n) is 4.40. The van der Waals surface area contributed by atoms with E-state index in [1.54, 1.807) is 0 Å². The van der Waals surface area contributed by atoms with Gasteiger partial charge < -0.3 is 0 Å². The van der Waals surface area contributed by atoms with Gasteiger partial charge in [-0.05, 0) is 29.8 Å². The van der Waals surface area contributed by atoms with Crippen molar-refractivity contribution in [2.75, 3.05) is 5.43 Å². The molecule has 8 nitrogen and oxygen atoms in total. The van der Waals surface area contributed by atoms with Crippen molar-refractivity contribution in [2.45, 2.75) is 4.90 Å². The zero-order valence-corrected chi connectivity index (χ0v) is 12.3. The first-order chi connectivity index (χ1) is 10.8. The summed E-state index contributed by atoms with van der Waals surface area (Å²) in [5, 5.41) is 19.7. The molecule has 2 aromatic carbocycles. The predicted molar refractivity (Wildman–Crippen MR) is 82.1 cm³/mol. The fourth-order valence-corrected chi connectivity index (χ4v) is 2.19. The summed E-state index contributed by atoms with van der Waals surface area (Å²) in [5.74, 6) is -0.399. The highest BCUT2D eigenvalue weighted by molar-refractivity contribution is 7.89. The molecule has 3 N–H and O–H groups in total. The standard InChI is InChI=1S/C13H11FN4O4S/c14-10-3-1-9(2-4-10)8-16-17-12-6-5-11(23(15,21)22)7-13(12)18(19)20/h1-8,17H,(H2,15,21,22). The molecule has 0 saturated carbocycles. The molecule has 0 saturated heterocycles. The summed E-state index contributed by atoms with van der Waals surface area (Å²) in [4.78, 5) is 9.87. The molecule has 0 aliphatic rings. The third kappa shape index (κ3) is 4.31. The van der Waals surface area contributed by atoms with Crippen LogP contribution in [-0.2, 0) is 10.0 Å². The first kappa shape index (κ1) is 16.5. The number of nitrogens with one attached hydrogen (secondary N) is 1. The van der Waals surface area contributed by atoms with Crippen molar-refractivity contribution in [3.63, 3.8) is 0 Å². The van der Waals surface area contributed by atoms with Crippen LogP contribution < -0.4 is 10.6 Å². The fourth-order valence-electron chi connectivity index (χ4n) is 1.66. The molecular formula is C13H11FN4O4S. The van der Waals surface area contributed by atoms with Gasteiger partial charge in [-0.2, -0.15) is 5.10 Å². The molecule has 2 aromatic rings. The van der Waals surface area contributed by atoms with E-state index < -0.39 is 26.5 Å². The highest BCUT2D eigenvalue weighted by Gasteiger charge is 2.18. The maximum absolute atomic E-state index is 12.8. The van der Waals surface area contributed by atoms with E-state index in [1.165, 1.54) is 36.5 Å². The number of rotatable bonds is 5. The van der Waals surface area contributed by atoms with Gasteiger partial charge in [-0.25, -0.2) is 17.9 Å². The van der Waals surface area contributed by atoms with Crippen LogP contribution in [0.4, 0.5) is 15.8 Å². The van der Waals surface area contributed by atoms with Gasteiger partial charge in [0.2, 0.25) is 10.0 Å². The van der Waals surface area contributed by atoms with Crippen LogP contribution >= 0.6 is 0 Å². The van der Waals surface area contributed by atoms with Crippen molar-refractivity contribution in [1.82, 2.24) is 0 Å². The number of nitro benzene ring substituents is 1. The smallest absolute Gasteiger partial charge is 0.272 e. The van der Waals surface area contributed by atoms with Crippen molar-refractivity contribution in [2.24, 2.45) is 10.2 Å². The number of primary sulfonamides is 1. The summed E-state index contributed by atoms with van der Waals surface area (Å²) in [6, 6.07) is 8.57. The second-order valence-corrected chi connectivity index (χ2v) is 5.96. The number of nitro groups is 1. The Labute approximate surface area is 130 Å². The zero-order valence-electron chi connectivity index (χ0n) is 11.5. The Morgan fingerprint density at radius 1 is 1.22 bits per heavy atom. The largest absolute Gasteiger partial charge is 0.295 e. The van der Waals surface area contributed by atoms with Crippen molar-refractivity contribution < 1.29 is 17.7 Å². The van der Waals surface area contributed by atoms with Crippen LogP contribution in [0.5, 0.6) is 0 Å². The van der Waals surface area contributed by atoms with E-state index in [4.69, 9.17) is 5.14 Å². The summed E-state index contributed by atoms with van der Waals surface area (Å²) in [7, 11) is -4.05. The van der Waals surface area contributed by atoms with Crippen LogP contribution in [0.1, 0.15) is 5.56 Å². The van der Waals surface area contributed by atoms with E-state index in [9.17, 15) is 22.9 Å². The fraction of sp³-hybridized carbons (Fsp3) is 0. The number of hydrogen-bond donors (Lipinski definition) is 2. The number of nitrogens with zero attached hydrogens (tertiary/aromatic N) is 2. The molecule has 0 aliphatic carbocycles. The van der Waals surface area contributed by atoms with E-state index in [1.807, 2.05) is 0 Å². The molecule has 120 valence electrons. The van der Waals surface area contributed by atoms with Gasteiger partial charge in [-0.15, -0.1) is 0 Å². The van der Waals surface area contributed by atoms with E-state index >= 15 is 0 Å². The average molecular weight is 338 g/mol. The molecule has 10 heteroatoms. The second kappa shape index (κ2) is 6.50. The lowest BCUT2D eigenvalue weighted by molar-refractivity contribution is -0.384. The number of hydrazone groups is 1. The highest BCUT2D eigenvalue weighted by Crippen LogP contribution is 2.27. The third-order valence-corrected chi connectivity index (χ3v) is 3.67. The molecule has 0 atom stereocenters. The SMILES string of the molecule is NS(=O)(=O)c1ccc(NN=Cc2ccc(F)cc2)c([N+](=O)[O-])c1. The summed E-state index contributed by atoms with van der Waals surface area (Å²) >= 11 is 0. The zero-order chi connectivity index (χ0) is 17.0. The van der Waals surface area contributed by atoms with Gasteiger partial charge in [0.05, 0.1) is 16.0 Å². The first-order valence-corrected chi connectivity index (χ1v) is 7.68. The van der Waals surface area contributed by atoms with Crippen LogP contribution in [0.15, 0.2) is 52.5 Å². The Bertz CT molecular complexity index is 866. The molecule has 0 fully saturated rings. The lowest BCUT2D eigenvalue weighted by Gasteiger charge is -2.04. The van der Waals surface area contributed by atoms with E-state index in [2.05, 4.69) is 10.5 Å². The molecule has 0 heterocycles. The number of hydrogen-bond acceptors (Lipinski definition) is 6. The normalized spacial score (nSPS) is 11.6. The first-order valence-electron chi connectivity index (χ1n) is 6.13. The molecule has 0 unspecified atom stereocenters. The minimum Gasteiger partial charge on any atom is -0.272 e. The molecule has 0 radical (unpaired) electrons. The van der Waals surface area contributed by atoms with Crippen molar-refractivity contribution >= 4 is 27.6 Å². The molecule has 0 bridgehead atoms. The van der Waals surface area contributed by atoms with Crippen LogP contribution in [0, 0.1) is 15.9 Å².